The van der Waals surface area contributed by atoms with Crippen molar-refractivity contribution in [1.29, 1.82) is 0 Å². The summed E-state index contributed by atoms with van der Waals surface area (Å²) in [7, 11) is 0. The smallest absolute Gasteiger partial charge is 0.270 e. The zero-order chi connectivity index (χ0) is 17.3. The van der Waals surface area contributed by atoms with Crippen LogP contribution in [0.1, 0.15) is 37.3 Å². The van der Waals surface area contributed by atoms with Gasteiger partial charge in [-0.2, -0.15) is 0 Å². The number of piperidine rings is 1. The number of ether oxygens (including phenoxy) is 2. The number of nitrogens with zero attached hydrogens (tertiary/aromatic N) is 2. The molecule has 2 N–H and O–H groups in total. The maximum atomic E-state index is 12.0. The van der Waals surface area contributed by atoms with Crippen LogP contribution in [0.5, 0.6) is 5.75 Å². The molecule has 0 spiro atoms. The number of fused-ring (bicyclic) bond motifs is 1. The highest BCUT2D eigenvalue weighted by Crippen LogP contribution is 2.36. The summed E-state index contributed by atoms with van der Waals surface area (Å²) >= 11 is 0. The van der Waals surface area contributed by atoms with Crippen LogP contribution < -0.4 is 10.5 Å². The van der Waals surface area contributed by atoms with E-state index in [4.69, 9.17) is 15.2 Å². The van der Waals surface area contributed by atoms with Crippen LogP contribution in [-0.2, 0) is 22.7 Å². The fourth-order valence-corrected chi connectivity index (χ4v) is 3.42. The molecule has 1 aromatic carbocycles. The molecule has 3 rings (SSSR count). The summed E-state index contributed by atoms with van der Waals surface area (Å²) in [5, 5.41) is 11.2. The first-order chi connectivity index (χ1) is 11.4. The number of non-ortho nitro benzene ring substituents is 1. The number of primary amides is 1. The number of benzene rings is 1. The van der Waals surface area contributed by atoms with Gasteiger partial charge in [-0.3, -0.25) is 19.8 Å². The van der Waals surface area contributed by atoms with Crippen LogP contribution in [0.25, 0.3) is 0 Å². The minimum absolute atomic E-state index is 0.00404. The lowest BCUT2D eigenvalue weighted by atomic mass is 9.87. The second kappa shape index (κ2) is 6.37. The van der Waals surface area contributed by atoms with Crippen LogP contribution >= 0.6 is 0 Å². The van der Waals surface area contributed by atoms with Gasteiger partial charge in [0.25, 0.3) is 5.69 Å². The monoisotopic (exact) mass is 335 g/mol. The van der Waals surface area contributed by atoms with Gasteiger partial charge in [0.2, 0.25) is 5.91 Å². The molecule has 0 unspecified atom stereocenters. The van der Waals surface area contributed by atoms with Crippen molar-refractivity contribution < 1.29 is 19.2 Å². The number of amides is 1. The fraction of sp³-hybridized carbons (Fsp3) is 0.562. The van der Waals surface area contributed by atoms with Gasteiger partial charge >= 0.3 is 0 Å². The predicted molar refractivity (Wildman–Crippen MR) is 85.2 cm³/mol. The summed E-state index contributed by atoms with van der Waals surface area (Å²) in [6.45, 7) is 3.32. The topological polar surface area (TPSA) is 108 Å². The minimum Gasteiger partial charge on any atom is -0.467 e. The molecule has 0 aromatic heterocycles. The van der Waals surface area contributed by atoms with Crippen molar-refractivity contribution in [1.82, 2.24) is 4.90 Å². The highest BCUT2D eigenvalue weighted by Gasteiger charge is 2.40. The molecule has 8 nitrogen and oxygen atoms in total. The number of rotatable bonds is 4. The van der Waals surface area contributed by atoms with Gasteiger partial charge in [0.1, 0.15) is 5.75 Å². The Kier molecular flexibility index (Phi) is 4.42. The first-order valence-electron chi connectivity index (χ1n) is 7.97. The maximum absolute atomic E-state index is 12.0. The molecule has 1 fully saturated rings. The van der Waals surface area contributed by atoms with Gasteiger partial charge in [0.05, 0.1) is 17.1 Å². The summed E-state index contributed by atoms with van der Waals surface area (Å²) in [6, 6.07) is 2.99. The number of nitrogens with two attached hydrogens (primary N) is 1. The van der Waals surface area contributed by atoms with Crippen LogP contribution in [0.4, 0.5) is 5.69 Å². The van der Waals surface area contributed by atoms with Crippen molar-refractivity contribution in [2.75, 3.05) is 13.3 Å². The van der Waals surface area contributed by atoms with E-state index in [-0.39, 0.29) is 25.0 Å². The maximum Gasteiger partial charge on any atom is 0.270 e. The summed E-state index contributed by atoms with van der Waals surface area (Å²) in [4.78, 5) is 24.7. The lowest BCUT2D eigenvalue weighted by molar-refractivity contribution is -0.385. The normalized spacial score (nSPS) is 24.0. The summed E-state index contributed by atoms with van der Waals surface area (Å²) in [6.07, 6.45) is 2.58. The molecule has 2 aliphatic heterocycles. The molecule has 0 radical (unpaired) electrons. The van der Waals surface area contributed by atoms with E-state index in [1.807, 2.05) is 11.8 Å². The number of hydrogen-bond donors (Lipinski definition) is 1. The average Bonchev–Trinajstić information content (AvgIpc) is 2.56. The zero-order valence-corrected chi connectivity index (χ0v) is 13.6. The zero-order valence-electron chi connectivity index (χ0n) is 13.6. The molecule has 0 saturated carbocycles. The molecule has 1 atom stereocenters. The number of likely N-dealkylation sites (tertiary alicyclic amines) is 1. The Morgan fingerprint density at radius 2 is 2.25 bits per heavy atom. The van der Waals surface area contributed by atoms with Gasteiger partial charge in [-0.25, -0.2) is 0 Å². The lowest BCUT2D eigenvalue weighted by Crippen LogP contribution is -2.57. The van der Waals surface area contributed by atoms with E-state index in [1.54, 1.807) is 0 Å². The van der Waals surface area contributed by atoms with Crippen molar-refractivity contribution in [3.8, 4) is 5.75 Å². The van der Waals surface area contributed by atoms with Gasteiger partial charge in [-0.1, -0.05) is 0 Å². The Balaban J connectivity index is 1.97. The van der Waals surface area contributed by atoms with Crippen molar-refractivity contribution >= 4 is 11.6 Å². The number of carbonyl (C=O) groups excluding carboxylic acids is 1. The largest absolute Gasteiger partial charge is 0.467 e. The van der Waals surface area contributed by atoms with Crippen LogP contribution in [0.3, 0.4) is 0 Å². The molecule has 0 aliphatic carbocycles. The summed E-state index contributed by atoms with van der Waals surface area (Å²) in [5.74, 6) is 0.245. The number of carbonyl (C=O) groups is 1. The minimum atomic E-state index is -0.749. The highest BCUT2D eigenvalue weighted by atomic mass is 16.7. The average molecular weight is 335 g/mol. The third-order valence-corrected chi connectivity index (χ3v) is 4.91. The van der Waals surface area contributed by atoms with E-state index in [2.05, 4.69) is 0 Å². The summed E-state index contributed by atoms with van der Waals surface area (Å²) < 4.78 is 10.8. The van der Waals surface area contributed by atoms with Gasteiger partial charge in [0, 0.05) is 29.8 Å². The molecule has 0 bridgehead atoms. The van der Waals surface area contributed by atoms with Crippen molar-refractivity contribution in [2.24, 2.45) is 5.73 Å². The molecule has 24 heavy (non-hydrogen) atoms. The van der Waals surface area contributed by atoms with Crippen LogP contribution in [0.15, 0.2) is 12.1 Å². The Bertz CT molecular complexity index is 678. The van der Waals surface area contributed by atoms with E-state index in [0.29, 0.717) is 36.4 Å². The standard InChI is InChI=1S/C16H21N3O5/c1-16(15(17)20)4-2-3-5-18(16)8-11-6-13(19(21)22)7-12-9-23-10-24-14(11)12/h6-7H,2-5,8-10H2,1H3,(H2,17,20)/t16-/m1/s1. The van der Waals surface area contributed by atoms with E-state index in [9.17, 15) is 14.9 Å². The molecule has 1 aromatic rings. The van der Waals surface area contributed by atoms with Gasteiger partial charge in [-0.05, 0) is 32.7 Å². The molecule has 2 aliphatic rings. The van der Waals surface area contributed by atoms with Crippen molar-refractivity contribution in [3.63, 3.8) is 0 Å². The first-order valence-corrected chi connectivity index (χ1v) is 7.97. The number of nitro groups is 1. The highest BCUT2D eigenvalue weighted by molar-refractivity contribution is 5.84. The first kappa shape index (κ1) is 16.7. The molecular formula is C16H21N3O5. The molecule has 1 saturated heterocycles. The van der Waals surface area contributed by atoms with Crippen LogP contribution in [0.2, 0.25) is 0 Å². The molecule has 2 heterocycles. The SMILES string of the molecule is C[C@]1(C(N)=O)CCCCN1Cc1cc([N+](=O)[O-])cc2c1OCOC2. The van der Waals surface area contributed by atoms with E-state index in [0.717, 1.165) is 12.8 Å². The Morgan fingerprint density at radius 3 is 2.96 bits per heavy atom. The number of hydrogen-bond acceptors (Lipinski definition) is 6. The number of nitro benzene ring substituents is 1. The van der Waals surface area contributed by atoms with E-state index < -0.39 is 10.5 Å². The molecular weight excluding hydrogens is 314 g/mol. The van der Waals surface area contributed by atoms with Gasteiger partial charge in [-0.15, -0.1) is 0 Å². The van der Waals surface area contributed by atoms with Crippen LogP contribution in [0, 0.1) is 10.1 Å². The lowest BCUT2D eigenvalue weighted by Gasteiger charge is -2.42. The van der Waals surface area contributed by atoms with E-state index in [1.165, 1.54) is 12.1 Å². The fourth-order valence-electron chi connectivity index (χ4n) is 3.42. The van der Waals surface area contributed by atoms with Crippen LogP contribution in [-0.4, -0.2) is 34.6 Å². The molecule has 130 valence electrons. The Morgan fingerprint density at radius 1 is 1.46 bits per heavy atom. The second-order valence-corrected chi connectivity index (χ2v) is 6.48. The second-order valence-electron chi connectivity index (χ2n) is 6.48. The van der Waals surface area contributed by atoms with Gasteiger partial charge < -0.3 is 15.2 Å². The Hall–Kier alpha value is -2.19. The molecule has 1 amide bonds. The summed E-state index contributed by atoms with van der Waals surface area (Å²) in [5.41, 5.74) is 6.22. The quantitative estimate of drug-likeness (QED) is 0.662. The van der Waals surface area contributed by atoms with Crippen molar-refractivity contribution in [3.05, 3.63) is 33.4 Å². The molecule has 8 heteroatoms. The Labute approximate surface area is 139 Å². The van der Waals surface area contributed by atoms with Crippen molar-refractivity contribution in [2.45, 2.75) is 44.9 Å². The third-order valence-electron chi connectivity index (χ3n) is 4.91. The third kappa shape index (κ3) is 2.94. The van der Waals surface area contributed by atoms with Gasteiger partial charge in [0.15, 0.2) is 6.79 Å². The predicted octanol–water partition coefficient (Wildman–Crippen LogP) is 1.69. The van der Waals surface area contributed by atoms with E-state index >= 15 is 0 Å².